The molecule has 0 unspecified atom stereocenters. The zero-order valence-electron chi connectivity index (χ0n) is 13.0. The number of rotatable bonds is 6. The molecular formula is C15H23ClN2O2S2. The van der Waals surface area contributed by atoms with Crippen molar-refractivity contribution in [2.75, 3.05) is 25.9 Å². The third-order valence-corrected chi connectivity index (χ3v) is 7.06. The van der Waals surface area contributed by atoms with Crippen LogP contribution in [0.1, 0.15) is 26.2 Å². The van der Waals surface area contributed by atoms with Gasteiger partial charge < -0.3 is 5.32 Å². The van der Waals surface area contributed by atoms with Crippen LogP contribution in [0, 0.1) is 0 Å². The predicted molar refractivity (Wildman–Crippen MR) is 93.3 cm³/mol. The van der Waals surface area contributed by atoms with Crippen LogP contribution in [-0.2, 0) is 10.0 Å². The Morgan fingerprint density at radius 1 is 1.36 bits per heavy atom. The van der Waals surface area contributed by atoms with Gasteiger partial charge in [-0.15, -0.1) is 11.8 Å². The molecule has 0 radical (unpaired) electrons. The van der Waals surface area contributed by atoms with Crippen LogP contribution in [-0.4, -0.2) is 44.7 Å². The number of nitrogens with one attached hydrogen (secondary N) is 1. The summed E-state index contributed by atoms with van der Waals surface area (Å²) in [6.07, 6.45) is 4.44. The molecule has 1 aliphatic rings. The summed E-state index contributed by atoms with van der Waals surface area (Å²) >= 11 is 7.70. The van der Waals surface area contributed by atoms with Crippen LogP contribution in [0.2, 0.25) is 5.02 Å². The van der Waals surface area contributed by atoms with E-state index in [-0.39, 0.29) is 6.04 Å². The Balaban J connectivity index is 2.33. The van der Waals surface area contributed by atoms with Crippen molar-refractivity contribution in [1.82, 2.24) is 9.62 Å². The molecular weight excluding hydrogens is 340 g/mol. The van der Waals surface area contributed by atoms with Crippen LogP contribution in [0.5, 0.6) is 0 Å². The van der Waals surface area contributed by atoms with Crippen molar-refractivity contribution in [3.05, 3.63) is 23.2 Å². The largest absolute Gasteiger partial charge is 0.317 e. The Labute approximate surface area is 142 Å². The van der Waals surface area contributed by atoms with Crippen molar-refractivity contribution >= 4 is 33.4 Å². The summed E-state index contributed by atoms with van der Waals surface area (Å²) in [6.45, 7) is 4.29. The average Bonchev–Trinajstić information content (AvgIpc) is 2.53. The second-order valence-electron chi connectivity index (χ2n) is 5.39. The summed E-state index contributed by atoms with van der Waals surface area (Å²) in [6, 6.07) is 5.10. The van der Waals surface area contributed by atoms with Gasteiger partial charge in [0.15, 0.2) is 0 Å². The van der Waals surface area contributed by atoms with Gasteiger partial charge in [-0.2, -0.15) is 4.31 Å². The number of sulfonamides is 1. The smallest absolute Gasteiger partial charge is 0.243 e. The highest BCUT2D eigenvalue weighted by molar-refractivity contribution is 7.98. The van der Waals surface area contributed by atoms with Crippen molar-refractivity contribution in [2.24, 2.45) is 0 Å². The lowest BCUT2D eigenvalue weighted by atomic mass is 10.1. The van der Waals surface area contributed by atoms with Crippen molar-refractivity contribution in [2.45, 2.75) is 42.0 Å². The molecule has 1 aromatic rings. The maximum atomic E-state index is 13.0. The maximum Gasteiger partial charge on any atom is 0.243 e. The van der Waals surface area contributed by atoms with Gasteiger partial charge in [0.25, 0.3) is 0 Å². The minimum atomic E-state index is -3.50. The van der Waals surface area contributed by atoms with Crippen LogP contribution < -0.4 is 5.32 Å². The Bertz CT molecular complexity index is 602. The number of thioether (sulfide) groups is 1. The first kappa shape index (κ1) is 18.1. The average molecular weight is 363 g/mol. The van der Waals surface area contributed by atoms with E-state index in [9.17, 15) is 8.42 Å². The molecule has 1 N–H and O–H groups in total. The highest BCUT2D eigenvalue weighted by Crippen LogP contribution is 2.30. The first-order valence-electron chi connectivity index (χ1n) is 7.56. The van der Waals surface area contributed by atoms with Crippen molar-refractivity contribution < 1.29 is 8.42 Å². The fraction of sp³-hybridized carbons (Fsp3) is 0.600. The minimum absolute atomic E-state index is 0.0743. The highest BCUT2D eigenvalue weighted by Gasteiger charge is 2.31. The third kappa shape index (κ3) is 3.97. The van der Waals surface area contributed by atoms with Gasteiger partial charge in [-0.1, -0.05) is 18.5 Å². The first-order valence-corrected chi connectivity index (χ1v) is 10.6. The van der Waals surface area contributed by atoms with Gasteiger partial charge in [0.05, 0.1) is 9.92 Å². The van der Waals surface area contributed by atoms with Gasteiger partial charge in [0, 0.05) is 17.5 Å². The van der Waals surface area contributed by atoms with Crippen LogP contribution in [0.15, 0.2) is 28.0 Å². The molecule has 0 saturated carbocycles. The highest BCUT2D eigenvalue weighted by atomic mass is 35.5. The van der Waals surface area contributed by atoms with Crippen molar-refractivity contribution in [1.29, 1.82) is 0 Å². The number of piperidine rings is 1. The van der Waals surface area contributed by atoms with E-state index in [1.807, 2.05) is 13.2 Å². The normalized spacial score (nSPS) is 17.1. The third-order valence-electron chi connectivity index (χ3n) is 3.89. The molecule has 1 saturated heterocycles. The molecule has 1 fully saturated rings. The maximum absolute atomic E-state index is 13.0. The summed E-state index contributed by atoms with van der Waals surface area (Å²) in [5.41, 5.74) is 0. The van der Waals surface area contributed by atoms with Crippen LogP contribution >= 0.6 is 23.4 Å². The molecule has 0 aromatic heterocycles. The van der Waals surface area contributed by atoms with Gasteiger partial charge in [-0.25, -0.2) is 8.42 Å². The first-order chi connectivity index (χ1) is 10.5. The quantitative estimate of drug-likeness (QED) is 0.789. The van der Waals surface area contributed by atoms with E-state index >= 15 is 0 Å². The van der Waals surface area contributed by atoms with Crippen molar-refractivity contribution in [3.63, 3.8) is 0 Å². The summed E-state index contributed by atoms with van der Waals surface area (Å²) in [7, 11) is -3.50. The topological polar surface area (TPSA) is 49.4 Å². The Kier molecular flexibility index (Phi) is 6.58. The molecule has 1 aromatic carbocycles. The fourth-order valence-corrected chi connectivity index (χ4v) is 5.50. The van der Waals surface area contributed by atoms with E-state index < -0.39 is 10.0 Å². The van der Waals surface area contributed by atoms with E-state index in [2.05, 4.69) is 5.32 Å². The number of nitrogens with zero attached hydrogens (tertiary/aromatic N) is 1. The molecule has 4 nitrogen and oxygen atoms in total. The van der Waals surface area contributed by atoms with Gasteiger partial charge in [-0.3, -0.25) is 0 Å². The molecule has 0 aliphatic carbocycles. The van der Waals surface area contributed by atoms with E-state index in [4.69, 9.17) is 11.6 Å². The summed E-state index contributed by atoms with van der Waals surface area (Å²) in [5.74, 6) is 0. The minimum Gasteiger partial charge on any atom is -0.317 e. The SMILES string of the molecule is CCCN(C1CCNCC1)S(=O)(=O)c1ccc(SC)c(Cl)c1. The predicted octanol–water partition coefficient (Wildman–Crippen LogP) is 3.21. The molecule has 124 valence electrons. The molecule has 0 bridgehead atoms. The van der Waals surface area contributed by atoms with E-state index in [1.54, 1.807) is 22.5 Å². The Hall–Kier alpha value is -0.270. The molecule has 0 amide bonds. The zero-order chi connectivity index (χ0) is 16.2. The van der Waals surface area contributed by atoms with E-state index in [1.165, 1.54) is 11.8 Å². The molecule has 0 spiro atoms. The molecule has 0 atom stereocenters. The van der Waals surface area contributed by atoms with Gasteiger partial charge in [0.2, 0.25) is 10.0 Å². The molecule has 7 heteroatoms. The van der Waals surface area contributed by atoms with Crippen molar-refractivity contribution in [3.8, 4) is 0 Å². The molecule has 1 aliphatic heterocycles. The second-order valence-corrected chi connectivity index (χ2v) is 8.54. The summed E-state index contributed by atoms with van der Waals surface area (Å²) in [4.78, 5) is 1.19. The van der Waals surface area contributed by atoms with Gasteiger partial charge >= 0.3 is 0 Å². The Morgan fingerprint density at radius 3 is 2.59 bits per heavy atom. The van der Waals surface area contributed by atoms with Crippen LogP contribution in [0.3, 0.4) is 0 Å². The van der Waals surface area contributed by atoms with Crippen LogP contribution in [0.4, 0.5) is 0 Å². The molecule has 1 heterocycles. The van der Waals surface area contributed by atoms with Gasteiger partial charge in [0.1, 0.15) is 0 Å². The monoisotopic (exact) mass is 362 g/mol. The standard InChI is InChI=1S/C15H23ClN2O2S2/c1-3-10-18(12-6-8-17-9-7-12)22(19,20)13-4-5-15(21-2)14(16)11-13/h4-5,11-12,17H,3,6-10H2,1-2H3. The molecule has 2 rings (SSSR count). The molecule has 22 heavy (non-hydrogen) atoms. The van der Waals surface area contributed by atoms with E-state index in [0.717, 1.165) is 37.2 Å². The lowest BCUT2D eigenvalue weighted by Crippen LogP contribution is -2.46. The van der Waals surface area contributed by atoms with Crippen LogP contribution in [0.25, 0.3) is 0 Å². The Morgan fingerprint density at radius 2 is 2.05 bits per heavy atom. The number of halogens is 1. The number of hydrogen-bond donors (Lipinski definition) is 1. The second kappa shape index (κ2) is 8.02. The van der Waals surface area contributed by atoms with E-state index in [0.29, 0.717) is 16.5 Å². The summed E-state index contributed by atoms with van der Waals surface area (Å²) < 4.78 is 27.7. The number of benzene rings is 1. The number of hydrogen-bond acceptors (Lipinski definition) is 4. The zero-order valence-corrected chi connectivity index (χ0v) is 15.4. The lowest BCUT2D eigenvalue weighted by Gasteiger charge is -2.33. The summed E-state index contributed by atoms with van der Waals surface area (Å²) in [5, 5.41) is 3.78. The fourth-order valence-electron chi connectivity index (χ4n) is 2.76. The lowest BCUT2D eigenvalue weighted by molar-refractivity contribution is 0.262. The van der Waals surface area contributed by atoms with Gasteiger partial charge in [-0.05, 0) is 56.8 Å².